The van der Waals surface area contributed by atoms with Crippen molar-refractivity contribution in [2.45, 2.75) is 38.3 Å². The summed E-state index contributed by atoms with van der Waals surface area (Å²) >= 11 is 0. The molecule has 1 aliphatic rings. The van der Waals surface area contributed by atoms with Gasteiger partial charge in [-0.05, 0) is 43.9 Å². The molecule has 1 saturated heterocycles. The van der Waals surface area contributed by atoms with Gasteiger partial charge in [-0.15, -0.1) is 0 Å². The maximum atomic E-state index is 13.1. The van der Waals surface area contributed by atoms with E-state index in [-0.39, 0.29) is 12.1 Å². The molecule has 1 heterocycles. The van der Waals surface area contributed by atoms with Crippen LogP contribution in [0.1, 0.15) is 25.3 Å². The van der Waals surface area contributed by atoms with Crippen molar-refractivity contribution in [2.75, 3.05) is 26.3 Å². The molecule has 0 bridgehead atoms. The van der Waals surface area contributed by atoms with E-state index in [2.05, 4.69) is 5.32 Å². The van der Waals surface area contributed by atoms with E-state index >= 15 is 0 Å². The third-order valence-corrected chi connectivity index (χ3v) is 3.94. The Kier molecular flexibility index (Phi) is 6.93. The summed E-state index contributed by atoms with van der Waals surface area (Å²) in [6.07, 6.45) is 1.03. The fourth-order valence-corrected chi connectivity index (χ4v) is 2.86. The molecule has 0 aliphatic carbocycles. The lowest BCUT2D eigenvalue weighted by molar-refractivity contribution is -0.00428. The Morgan fingerprint density at radius 2 is 2.12 bits per heavy atom. The Morgan fingerprint density at radius 1 is 1.42 bits per heavy atom. The SMILES string of the molecule is C[C@H](O)C[C@H]1COCCN1C(=O)NCCCc1cc(F)cc(F)c1. The average molecular weight is 342 g/mol. The fraction of sp³-hybridized carbons (Fsp3) is 0.588. The maximum Gasteiger partial charge on any atom is 0.317 e. The summed E-state index contributed by atoms with van der Waals surface area (Å²) in [5.41, 5.74) is 0.570. The van der Waals surface area contributed by atoms with Gasteiger partial charge in [-0.25, -0.2) is 13.6 Å². The van der Waals surface area contributed by atoms with E-state index in [4.69, 9.17) is 4.74 Å². The highest BCUT2D eigenvalue weighted by Gasteiger charge is 2.27. The first-order chi connectivity index (χ1) is 11.5. The lowest BCUT2D eigenvalue weighted by Crippen LogP contribution is -2.53. The van der Waals surface area contributed by atoms with Gasteiger partial charge in [-0.2, -0.15) is 0 Å². The third-order valence-electron chi connectivity index (χ3n) is 3.94. The standard InChI is InChI=1S/C17H24F2N2O3/c1-12(22)7-16-11-24-6-5-21(16)17(23)20-4-2-3-13-8-14(18)10-15(19)9-13/h8-10,12,16,22H,2-7,11H2,1H3,(H,20,23)/t12-,16-/m0/s1. The predicted molar refractivity (Wildman–Crippen MR) is 85.7 cm³/mol. The van der Waals surface area contributed by atoms with E-state index in [1.165, 1.54) is 12.1 Å². The second-order valence-corrected chi connectivity index (χ2v) is 6.12. The van der Waals surface area contributed by atoms with Gasteiger partial charge in [0.05, 0.1) is 25.4 Å². The number of amides is 2. The first kappa shape index (κ1) is 18.6. The molecule has 0 radical (unpaired) electrons. The predicted octanol–water partition coefficient (Wildman–Crippen LogP) is 2.08. The van der Waals surface area contributed by atoms with Gasteiger partial charge >= 0.3 is 6.03 Å². The van der Waals surface area contributed by atoms with Crippen molar-refractivity contribution in [2.24, 2.45) is 0 Å². The number of benzene rings is 1. The number of nitrogens with one attached hydrogen (secondary N) is 1. The monoisotopic (exact) mass is 342 g/mol. The van der Waals surface area contributed by atoms with Crippen LogP contribution in [0.15, 0.2) is 18.2 Å². The van der Waals surface area contributed by atoms with Gasteiger partial charge in [0.25, 0.3) is 0 Å². The Hall–Kier alpha value is -1.73. The number of aryl methyl sites for hydroxylation is 1. The van der Waals surface area contributed by atoms with Crippen LogP contribution in [0.2, 0.25) is 0 Å². The number of carbonyl (C=O) groups excluding carboxylic acids is 1. The molecule has 24 heavy (non-hydrogen) atoms. The maximum absolute atomic E-state index is 13.1. The van der Waals surface area contributed by atoms with Crippen molar-refractivity contribution in [1.29, 1.82) is 0 Å². The van der Waals surface area contributed by atoms with Gasteiger partial charge in [0.15, 0.2) is 0 Å². The first-order valence-corrected chi connectivity index (χ1v) is 8.21. The van der Waals surface area contributed by atoms with Crippen molar-refractivity contribution in [3.63, 3.8) is 0 Å². The number of halogens is 2. The number of hydrogen-bond acceptors (Lipinski definition) is 3. The zero-order valence-electron chi connectivity index (χ0n) is 13.8. The summed E-state index contributed by atoms with van der Waals surface area (Å²) in [5, 5.41) is 12.3. The van der Waals surface area contributed by atoms with E-state index in [1.54, 1.807) is 11.8 Å². The van der Waals surface area contributed by atoms with Gasteiger partial charge < -0.3 is 20.1 Å². The summed E-state index contributed by atoms with van der Waals surface area (Å²) in [6.45, 7) is 3.48. The number of hydrogen-bond donors (Lipinski definition) is 2. The number of rotatable bonds is 6. The van der Waals surface area contributed by atoms with E-state index < -0.39 is 17.7 Å². The largest absolute Gasteiger partial charge is 0.393 e. The Bertz CT molecular complexity index is 534. The van der Waals surface area contributed by atoms with Crippen molar-refractivity contribution < 1.29 is 23.4 Å². The van der Waals surface area contributed by atoms with Gasteiger partial charge in [0.1, 0.15) is 11.6 Å². The molecule has 5 nitrogen and oxygen atoms in total. The molecule has 134 valence electrons. The number of ether oxygens (including phenoxy) is 1. The van der Waals surface area contributed by atoms with Gasteiger partial charge in [0, 0.05) is 19.2 Å². The number of nitrogens with zero attached hydrogens (tertiary/aromatic N) is 1. The minimum atomic E-state index is -0.594. The highest BCUT2D eigenvalue weighted by atomic mass is 19.1. The molecule has 2 rings (SSSR count). The van der Waals surface area contributed by atoms with E-state index in [0.29, 0.717) is 51.1 Å². The van der Waals surface area contributed by atoms with Crippen molar-refractivity contribution in [1.82, 2.24) is 10.2 Å². The van der Waals surface area contributed by atoms with Crippen LogP contribution in [0, 0.1) is 11.6 Å². The lowest BCUT2D eigenvalue weighted by atomic mass is 10.1. The quantitative estimate of drug-likeness (QED) is 0.778. The Balaban J connectivity index is 1.77. The zero-order valence-corrected chi connectivity index (χ0v) is 13.8. The van der Waals surface area contributed by atoms with Crippen molar-refractivity contribution >= 4 is 6.03 Å². The number of aliphatic hydroxyl groups is 1. The van der Waals surface area contributed by atoms with E-state index in [0.717, 1.165) is 6.07 Å². The van der Waals surface area contributed by atoms with Crippen molar-refractivity contribution in [3.8, 4) is 0 Å². The highest BCUT2D eigenvalue weighted by molar-refractivity contribution is 5.74. The second-order valence-electron chi connectivity index (χ2n) is 6.12. The van der Waals surface area contributed by atoms with Gasteiger partial charge in [-0.3, -0.25) is 0 Å². The lowest BCUT2D eigenvalue weighted by Gasteiger charge is -2.36. The molecule has 1 aromatic carbocycles. The van der Waals surface area contributed by atoms with E-state index in [9.17, 15) is 18.7 Å². The van der Waals surface area contributed by atoms with Crippen LogP contribution in [-0.4, -0.2) is 54.5 Å². The minimum Gasteiger partial charge on any atom is -0.393 e. The molecule has 1 fully saturated rings. The molecule has 0 aromatic heterocycles. The molecule has 7 heteroatoms. The summed E-state index contributed by atoms with van der Waals surface area (Å²) in [7, 11) is 0. The number of carbonyl (C=O) groups is 1. The Morgan fingerprint density at radius 3 is 2.79 bits per heavy atom. The number of morpholine rings is 1. The first-order valence-electron chi connectivity index (χ1n) is 8.21. The number of urea groups is 1. The van der Waals surface area contributed by atoms with Crippen LogP contribution in [0.4, 0.5) is 13.6 Å². The molecule has 0 spiro atoms. The fourth-order valence-electron chi connectivity index (χ4n) is 2.86. The van der Waals surface area contributed by atoms with Crippen molar-refractivity contribution in [3.05, 3.63) is 35.4 Å². The third kappa shape index (κ3) is 5.72. The normalized spacial score (nSPS) is 19.2. The topological polar surface area (TPSA) is 61.8 Å². The van der Waals surface area contributed by atoms with Crippen LogP contribution in [0.3, 0.4) is 0 Å². The minimum absolute atomic E-state index is 0.143. The van der Waals surface area contributed by atoms with E-state index in [1.807, 2.05) is 0 Å². The molecular formula is C17H24F2N2O3. The molecule has 0 unspecified atom stereocenters. The van der Waals surface area contributed by atoms with Crippen LogP contribution >= 0.6 is 0 Å². The molecule has 2 atom stereocenters. The Labute approximate surface area is 140 Å². The molecule has 0 saturated carbocycles. The smallest absolute Gasteiger partial charge is 0.317 e. The molecule has 2 amide bonds. The van der Waals surface area contributed by atoms with Gasteiger partial charge in [-0.1, -0.05) is 0 Å². The summed E-state index contributed by atoms with van der Waals surface area (Å²) in [6, 6.07) is 3.09. The van der Waals surface area contributed by atoms with Crippen LogP contribution in [0.25, 0.3) is 0 Å². The zero-order chi connectivity index (χ0) is 17.5. The summed E-state index contributed by atoms with van der Waals surface area (Å²) in [4.78, 5) is 13.9. The van der Waals surface area contributed by atoms with Crippen LogP contribution in [0.5, 0.6) is 0 Å². The molecule has 1 aromatic rings. The summed E-state index contributed by atoms with van der Waals surface area (Å²) in [5.74, 6) is -1.19. The van der Waals surface area contributed by atoms with Gasteiger partial charge in [0.2, 0.25) is 0 Å². The summed E-state index contributed by atoms with van der Waals surface area (Å²) < 4.78 is 31.6. The second kappa shape index (κ2) is 8.94. The number of aliphatic hydroxyl groups excluding tert-OH is 1. The van der Waals surface area contributed by atoms with Crippen LogP contribution in [-0.2, 0) is 11.2 Å². The highest BCUT2D eigenvalue weighted by Crippen LogP contribution is 2.13. The molecule has 2 N–H and O–H groups in total. The van der Waals surface area contributed by atoms with Crippen LogP contribution < -0.4 is 5.32 Å². The molecule has 1 aliphatic heterocycles. The average Bonchev–Trinajstić information content (AvgIpc) is 2.50. The molecular weight excluding hydrogens is 318 g/mol.